The van der Waals surface area contributed by atoms with Crippen molar-refractivity contribution in [2.75, 3.05) is 21.1 Å². The van der Waals surface area contributed by atoms with Gasteiger partial charge in [-0.1, -0.05) is 41.5 Å². The van der Waals surface area contributed by atoms with E-state index in [9.17, 15) is 59.4 Å². The molecule has 9 aromatic heterocycles. The summed E-state index contributed by atoms with van der Waals surface area (Å²) < 4.78 is 0. The molecule has 0 saturated heterocycles. The van der Waals surface area contributed by atoms with Gasteiger partial charge in [0.1, 0.15) is 0 Å². The largest absolute Gasteiger partial charge is 3.00 e. The van der Waals surface area contributed by atoms with E-state index in [-0.39, 0.29) is 193 Å². The second-order valence-corrected chi connectivity index (χ2v) is 33.3. The molecule has 9 aromatic rings. The zero-order valence-corrected chi connectivity index (χ0v) is 95.1. The van der Waals surface area contributed by atoms with Crippen LogP contribution in [0.25, 0.3) is 150 Å². The van der Waals surface area contributed by atoms with Crippen LogP contribution in [0.4, 0.5) is 0 Å². The number of carboxylic acids is 6. The third-order valence-electron chi connectivity index (χ3n) is 26.0. The summed E-state index contributed by atoms with van der Waals surface area (Å²) in [6.07, 6.45) is 5.88. The monoisotopic (exact) mass is 2160 g/mol. The maximum atomic E-state index is 11.4. The zero-order valence-electron chi connectivity index (χ0n) is 83.2. The molecule has 0 fully saturated rings. The Bertz CT molecular complexity index is 6260. The molecule has 0 atom stereocenters. The van der Waals surface area contributed by atoms with Crippen molar-refractivity contribution in [1.82, 2.24) is 59.8 Å². The summed E-state index contributed by atoms with van der Waals surface area (Å²) in [5.41, 5.74) is 62.0. The fourth-order valence-electron chi connectivity index (χ4n) is 18.6. The van der Waals surface area contributed by atoms with Gasteiger partial charge in [0.05, 0.1) is 68.3 Å². The van der Waals surface area contributed by atoms with E-state index in [0.717, 1.165) is 222 Å². The number of carboxylic acid groups (broad SMARTS) is 6. The predicted molar refractivity (Wildman–Crippen MR) is 542 cm³/mol. The van der Waals surface area contributed by atoms with Gasteiger partial charge in [-0.15, -0.1) is 0 Å². The number of aliphatic carboxylic acids is 6. The molecule has 0 radical (unpaired) electrons. The van der Waals surface area contributed by atoms with Crippen molar-refractivity contribution in [2.45, 2.75) is 240 Å². The molecular formula is C105H120Cl3Ga4N15O12. The van der Waals surface area contributed by atoms with E-state index < -0.39 is 35.8 Å². The van der Waals surface area contributed by atoms with Crippen LogP contribution in [0.3, 0.4) is 0 Å². The Hall–Kier alpha value is -10.1. The summed E-state index contributed by atoms with van der Waals surface area (Å²) >= 11 is 0. The number of aromatic nitrogens is 12. The third kappa shape index (κ3) is 27.4. The molecule has 9 N–H and O–H groups in total. The van der Waals surface area contributed by atoms with Crippen LogP contribution in [0.1, 0.15) is 295 Å². The minimum atomic E-state index is -1.13. The number of nitrogens with zero attached hydrogens (tertiary/aromatic N) is 6. The summed E-state index contributed by atoms with van der Waals surface area (Å²) in [5.74, 6) is -6.75. The maximum absolute atomic E-state index is 11.4. The van der Waals surface area contributed by atoms with Gasteiger partial charge in [-0.2, -0.15) is 21.1 Å². The summed E-state index contributed by atoms with van der Waals surface area (Å²) in [6.45, 7) is 37.3. The number of hydrogen-bond donors (Lipinski definition) is 6. The van der Waals surface area contributed by atoms with E-state index in [1.807, 2.05) is 96.1 Å². The van der Waals surface area contributed by atoms with Gasteiger partial charge in [0, 0.05) is 102 Å². The molecule has 34 heteroatoms. The van der Waals surface area contributed by atoms with Crippen molar-refractivity contribution >= 4 is 248 Å². The van der Waals surface area contributed by atoms with E-state index >= 15 is 0 Å². The Morgan fingerprint density at radius 3 is 0.468 bits per heavy atom. The Balaban J connectivity index is 0.000000509. The van der Waals surface area contributed by atoms with Crippen LogP contribution >= 0.6 is 0 Å². The average molecular weight is 2170 g/mol. The second-order valence-electron chi connectivity index (χ2n) is 33.3. The van der Waals surface area contributed by atoms with Gasteiger partial charge in [0.25, 0.3) is 0 Å². The predicted octanol–water partition coefficient (Wildman–Crippen LogP) is 6.43. The van der Waals surface area contributed by atoms with Gasteiger partial charge in [-0.25, -0.2) is 29.9 Å². The van der Waals surface area contributed by atoms with Crippen molar-refractivity contribution in [2.24, 2.45) is 0 Å². The van der Waals surface area contributed by atoms with Gasteiger partial charge in [0.2, 0.25) is 0 Å². The number of halogens is 3. The van der Waals surface area contributed by atoms with E-state index in [1.54, 1.807) is 0 Å². The molecule has 15 heterocycles. The van der Waals surface area contributed by atoms with Crippen molar-refractivity contribution in [1.29, 1.82) is 0 Å². The van der Waals surface area contributed by atoms with Crippen molar-refractivity contribution < 1.29 is 96.6 Å². The first kappa shape index (κ1) is 123. The molecule has 0 unspecified atom stereocenters. The van der Waals surface area contributed by atoms with Gasteiger partial charge in [0.15, 0.2) is 0 Å². The molecule has 24 bridgehead atoms. The SMILES string of the molecule is CCc1c(C)c2cc3[nH]c(cc4nc(cc5nc(cc1[nH]2)C(C)=C5CCC(=O)[O-])C(CCC(=O)[O-])=C4C)c(C)c3CC.CCc1c(C)c2cc3[nH]c(cc4nc(cc5nc(cc1[nH]2)C(C)=C5CCC(=O)[O-])C(CCC(=O)[O-])=C4C)c(C)c3CC.CCc1c(C)c2cc3[nH]c(cc4nc(cc5nc(cc1[nH]2)C(C)=C5CCC(=O)[O-])C(CCC(=O)[O-])=C4C)c(C)c3CC.C[NH-].C[NH-].C[NH-].[Cl-].[Cl-].[Cl-].[Ga+3].[Ga+3].[Ga+3].[Ga+3]. The number of fused-ring (bicyclic) bond motifs is 24. The van der Waals surface area contributed by atoms with Crippen LogP contribution in [0.5, 0.6) is 0 Å². The van der Waals surface area contributed by atoms with Crippen LogP contribution in [-0.2, 0) is 67.3 Å². The molecule has 0 saturated carbocycles. The summed E-state index contributed by atoms with van der Waals surface area (Å²) in [6, 6.07) is 24.3. The van der Waals surface area contributed by atoms with Crippen molar-refractivity contribution in [3.63, 3.8) is 0 Å². The Morgan fingerprint density at radius 1 is 0.216 bits per heavy atom. The molecule has 0 amide bonds. The van der Waals surface area contributed by atoms with E-state index in [4.69, 9.17) is 47.1 Å². The quantitative estimate of drug-likeness (QED) is 0.0355. The number of rotatable bonds is 24. The minimum Gasteiger partial charge on any atom is -1.00 e. The topological polar surface area (TPSA) is 484 Å². The molecule has 15 rings (SSSR count). The first-order valence-electron chi connectivity index (χ1n) is 45.2. The summed E-state index contributed by atoms with van der Waals surface area (Å²) in [4.78, 5) is 120. The summed E-state index contributed by atoms with van der Waals surface area (Å²) in [7, 11) is 3.75. The first-order chi connectivity index (χ1) is 63.0. The molecule has 139 heavy (non-hydrogen) atoms. The second kappa shape index (κ2) is 54.8. The average Bonchev–Trinajstić information content (AvgIpc) is 1.62. The van der Waals surface area contributed by atoms with E-state index in [0.29, 0.717) is 34.2 Å². The van der Waals surface area contributed by atoms with Crippen molar-refractivity contribution in [3.8, 4) is 0 Å². The number of aromatic amines is 6. The summed E-state index contributed by atoms with van der Waals surface area (Å²) in [5, 5.41) is 68.5. The normalized spacial score (nSPS) is 12.2. The van der Waals surface area contributed by atoms with Crippen molar-refractivity contribution in [3.05, 3.63) is 225 Å². The number of allylic oxidation sites excluding steroid dienone is 12. The number of hydrogen-bond acceptors (Lipinski definition) is 18. The molecule has 27 nitrogen and oxygen atoms in total. The molecular weight excluding hydrogens is 2050 g/mol. The fraction of sp³-hybridized carbons (Fsp3) is 0.371. The maximum Gasteiger partial charge on any atom is 3.00 e. The molecule has 720 valence electrons. The fourth-order valence-corrected chi connectivity index (χ4v) is 18.6. The molecule has 0 aromatic carbocycles. The van der Waals surface area contributed by atoms with Crippen LogP contribution in [0.15, 0.2) is 72.8 Å². The number of nitrogens with one attached hydrogen (secondary N) is 9. The Kier molecular flexibility index (Phi) is 48.5. The number of carbonyl (C=O) groups excluding carboxylic acids is 6. The Morgan fingerprint density at radius 2 is 0.338 bits per heavy atom. The first-order valence-corrected chi connectivity index (χ1v) is 45.2. The van der Waals surface area contributed by atoms with Crippen LogP contribution in [0, 0.1) is 41.5 Å². The standard InChI is InChI=1S/3C34H38N4O4.3CH4N.3ClH.4Ga/c3*1-7-21-17(3)25-13-26-19(5)23(9-11-33(39)40)31(37-26)16-32-24(10-12-34(41)42)20(6)28(38-32)15-30-22(8-2)18(4)27(36-30)14-29(21)35-25;3*1-2;;;;;;;/h3*13-16,35-36H,7-12H2,1-6H3,(H,39,40)(H,41,42);3*2H,1H3;3*1H;;;;/q;;;3*-1;;;;4*+3/p-9. The number of carbonyl (C=O) groups is 6. The van der Waals surface area contributed by atoms with Crippen LogP contribution < -0.4 is 67.9 Å². The van der Waals surface area contributed by atoms with Crippen LogP contribution in [0.2, 0.25) is 0 Å². The zero-order chi connectivity index (χ0) is 96.9. The molecule has 0 spiro atoms. The number of H-pyrrole nitrogens is 6. The molecule has 6 aliphatic rings. The smallest absolute Gasteiger partial charge is 1.00 e. The van der Waals surface area contributed by atoms with Crippen LogP contribution in [-0.4, -0.2) is 196 Å². The van der Waals surface area contributed by atoms with Gasteiger partial charge >= 0.3 is 79.2 Å². The van der Waals surface area contributed by atoms with Gasteiger partial charge in [-0.3, -0.25) is 0 Å². The van der Waals surface area contributed by atoms with Gasteiger partial charge < -0.3 is 144 Å². The van der Waals surface area contributed by atoms with E-state index in [2.05, 4.69) is 131 Å². The third-order valence-corrected chi connectivity index (χ3v) is 26.0. The Labute approximate surface area is 883 Å². The number of aryl methyl sites for hydroxylation is 12. The molecule has 6 aliphatic heterocycles. The molecule has 0 aliphatic carbocycles. The van der Waals surface area contributed by atoms with Gasteiger partial charge in [-0.05, 0) is 405 Å². The van der Waals surface area contributed by atoms with E-state index in [1.165, 1.54) is 71.2 Å². The minimum absolute atomic E-state index is 0.